The van der Waals surface area contributed by atoms with Crippen LogP contribution in [0.2, 0.25) is 0 Å². The average molecular weight is 359 g/mol. The van der Waals surface area contributed by atoms with Gasteiger partial charge in [0.05, 0.1) is 10.7 Å². The molecule has 130 valence electrons. The van der Waals surface area contributed by atoms with Crippen LogP contribution < -0.4 is 11.1 Å². The van der Waals surface area contributed by atoms with Gasteiger partial charge in [-0.1, -0.05) is 6.42 Å². The summed E-state index contributed by atoms with van der Waals surface area (Å²) in [6, 6.07) is 0.432. The van der Waals surface area contributed by atoms with E-state index in [1.807, 2.05) is 11.3 Å². The van der Waals surface area contributed by atoms with Crippen molar-refractivity contribution < 1.29 is 4.79 Å². The van der Waals surface area contributed by atoms with Crippen molar-refractivity contribution >= 4 is 29.7 Å². The van der Waals surface area contributed by atoms with E-state index >= 15 is 0 Å². The molecule has 1 saturated carbocycles. The molecule has 5 nitrogen and oxygen atoms in total. The quantitative estimate of drug-likeness (QED) is 0.784. The molecule has 0 radical (unpaired) electrons. The number of piperidine rings is 1. The highest BCUT2D eigenvalue weighted by molar-refractivity contribution is 7.09. The van der Waals surface area contributed by atoms with E-state index in [4.69, 9.17) is 10.7 Å². The number of amides is 1. The van der Waals surface area contributed by atoms with Gasteiger partial charge in [-0.05, 0) is 32.2 Å². The van der Waals surface area contributed by atoms with Crippen molar-refractivity contribution in [2.75, 3.05) is 19.6 Å². The number of hydrogen-bond acceptors (Lipinski definition) is 5. The molecule has 1 saturated heterocycles. The SMILES string of the molecule is Cl.NCCC(=O)NCC1CCCCN1Cc1csc(C2CC2)n1. The summed E-state index contributed by atoms with van der Waals surface area (Å²) >= 11 is 1.81. The molecule has 3 rings (SSSR count). The van der Waals surface area contributed by atoms with Crippen molar-refractivity contribution in [1.29, 1.82) is 0 Å². The lowest BCUT2D eigenvalue weighted by Crippen LogP contribution is -2.46. The predicted octanol–water partition coefficient (Wildman–Crippen LogP) is 2.26. The van der Waals surface area contributed by atoms with Crippen LogP contribution in [-0.2, 0) is 11.3 Å². The van der Waals surface area contributed by atoms with Gasteiger partial charge in [0.1, 0.15) is 0 Å². The molecule has 2 fully saturated rings. The van der Waals surface area contributed by atoms with Crippen molar-refractivity contribution in [2.45, 2.75) is 57.0 Å². The Balaban J connectivity index is 0.00000192. The smallest absolute Gasteiger partial charge is 0.221 e. The van der Waals surface area contributed by atoms with Crippen molar-refractivity contribution in [2.24, 2.45) is 5.73 Å². The Morgan fingerprint density at radius 1 is 1.39 bits per heavy atom. The van der Waals surface area contributed by atoms with Crippen LogP contribution in [0.15, 0.2) is 5.38 Å². The second-order valence-corrected chi connectivity index (χ2v) is 7.30. The number of nitrogens with zero attached hydrogens (tertiary/aromatic N) is 2. The molecule has 7 heteroatoms. The number of hydrogen-bond donors (Lipinski definition) is 2. The number of aromatic nitrogens is 1. The van der Waals surface area contributed by atoms with E-state index < -0.39 is 0 Å². The summed E-state index contributed by atoms with van der Waals surface area (Å²) in [4.78, 5) is 18.9. The first-order valence-electron chi connectivity index (χ1n) is 8.41. The summed E-state index contributed by atoms with van der Waals surface area (Å²) in [7, 11) is 0. The van der Waals surface area contributed by atoms with Crippen LogP contribution in [0, 0.1) is 0 Å². The van der Waals surface area contributed by atoms with E-state index in [1.165, 1.54) is 36.4 Å². The highest BCUT2D eigenvalue weighted by atomic mass is 35.5. The van der Waals surface area contributed by atoms with Crippen molar-refractivity contribution in [3.8, 4) is 0 Å². The molecule has 23 heavy (non-hydrogen) atoms. The number of rotatable bonds is 7. The third kappa shape index (κ3) is 5.41. The fourth-order valence-electron chi connectivity index (χ4n) is 3.07. The molecule has 2 heterocycles. The third-order valence-electron chi connectivity index (χ3n) is 4.52. The fourth-order valence-corrected chi connectivity index (χ4v) is 4.05. The van der Waals surface area contributed by atoms with Gasteiger partial charge in [0.25, 0.3) is 0 Å². The van der Waals surface area contributed by atoms with E-state index in [2.05, 4.69) is 15.6 Å². The summed E-state index contributed by atoms with van der Waals surface area (Å²) in [5.41, 5.74) is 6.62. The van der Waals surface area contributed by atoms with Gasteiger partial charge in [-0.25, -0.2) is 4.98 Å². The monoisotopic (exact) mass is 358 g/mol. The van der Waals surface area contributed by atoms with Crippen molar-refractivity contribution in [3.63, 3.8) is 0 Å². The first kappa shape index (κ1) is 18.6. The van der Waals surface area contributed by atoms with Crippen LogP contribution in [0.25, 0.3) is 0 Å². The second kappa shape index (κ2) is 8.97. The van der Waals surface area contributed by atoms with E-state index in [0.29, 0.717) is 19.0 Å². The van der Waals surface area contributed by atoms with Crippen molar-refractivity contribution in [1.82, 2.24) is 15.2 Å². The molecule has 1 aromatic heterocycles. The third-order valence-corrected chi connectivity index (χ3v) is 5.57. The van der Waals surface area contributed by atoms with Crippen LogP contribution in [-0.4, -0.2) is 41.5 Å². The van der Waals surface area contributed by atoms with Crippen LogP contribution in [0.4, 0.5) is 0 Å². The van der Waals surface area contributed by atoms with Gasteiger partial charge in [-0.2, -0.15) is 0 Å². The lowest BCUT2D eigenvalue weighted by Gasteiger charge is -2.35. The zero-order valence-corrected chi connectivity index (χ0v) is 15.1. The number of halogens is 1. The minimum Gasteiger partial charge on any atom is -0.354 e. The van der Waals surface area contributed by atoms with Gasteiger partial charge in [0, 0.05) is 43.4 Å². The molecule has 0 spiro atoms. The van der Waals surface area contributed by atoms with Gasteiger partial charge < -0.3 is 11.1 Å². The maximum Gasteiger partial charge on any atom is 0.221 e. The number of likely N-dealkylation sites (tertiary alicyclic amines) is 1. The summed E-state index contributed by atoms with van der Waals surface area (Å²) in [6.45, 7) is 3.18. The number of carbonyl (C=O) groups is 1. The molecule has 1 amide bonds. The van der Waals surface area contributed by atoms with Crippen LogP contribution in [0.3, 0.4) is 0 Å². The van der Waals surface area contributed by atoms with Crippen LogP contribution in [0.5, 0.6) is 0 Å². The van der Waals surface area contributed by atoms with Gasteiger partial charge in [0.2, 0.25) is 5.91 Å². The summed E-state index contributed by atoms with van der Waals surface area (Å²) in [5, 5.41) is 6.56. The van der Waals surface area contributed by atoms with Crippen molar-refractivity contribution in [3.05, 3.63) is 16.1 Å². The molecule has 0 aromatic carbocycles. The Bertz CT molecular complexity index is 506. The van der Waals surface area contributed by atoms with Gasteiger partial charge in [0.15, 0.2) is 0 Å². The Kier molecular flexibility index (Phi) is 7.27. The van der Waals surface area contributed by atoms with Crippen LogP contribution >= 0.6 is 23.7 Å². The zero-order valence-electron chi connectivity index (χ0n) is 13.5. The molecule has 1 aliphatic heterocycles. The largest absolute Gasteiger partial charge is 0.354 e. The van der Waals surface area contributed by atoms with E-state index in [1.54, 1.807) is 0 Å². The average Bonchev–Trinajstić information content (AvgIpc) is 3.27. The van der Waals surface area contributed by atoms with Gasteiger partial charge in [-0.3, -0.25) is 9.69 Å². The van der Waals surface area contributed by atoms with E-state index in [-0.39, 0.29) is 18.3 Å². The topological polar surface area (TPSA) is 71.2 Å². The number of nitrogens with two attached hydrogens (primary N) is 1. The highest BCUT2D eigenvalue weighted by Gasteiger charge is 2.28. The Labute approximate surface area is 148 Å². The predicted molar refractivity (Wildman–Crippen MR) is 96.1 cm³/mol. The molecule has 0 bridgehead atoms. The Morgan fingerprint density at radius 2 is 2.22 bits per heavy atom. The molecule has 1 unspecified atom stereocenters. The molecular formula is C16H27ClN4OS. The summed E-state index contributed by atoms with van der Waals surface area (Å²) < 4.78 is 0. The minimum atomic E-state index is 0. The highest BCUT2D eigenvalue weighted by Crippen LogP contribution is 2.41. The minimum absolute atomic E-state index is 0. The molecule has 1 atom stereocenters. The zero-order chi connectivity index (χ0) is 15.4. The van der Waals surface area contributed by atoms with Gasteiger partial charge in [-0.15, -0.1) is 23.7 Å². The lowest BCUT2D eigenvalue weighted by molar-refractivity contribution is -0.121. The van der Waals surface area contributed by atoms with Gasteiger partial charge >= 0.3 is 0 Å². The molecule has 2 aliphatic rings. The lowest BCUT2D eigenvalue weighted by atomic mass is 10.0. The molecule has 1 aliphatic carbocycles. The number of nitrogens with one attached hydrogen (secondary N) is 1. The summed E-state index contributed by atoms with van der Waals surface area (Å²) in [6.07, 6.45) is 6.69. The molecular weight excluding hydrogens is 332 g/mol. The van der Waals surface area contributed by atoms with E-state index in [9.17, 15) is 4.79 Å². The van der Waals surface area contributed by atoms with Crippen LogP contribution in [0.1, 0.15) is 55.1 Å². The Morgan fingerprint density at radius 3 is 2.96 bits per heavy atom. The normalized spacial score (nSPS) is 21.7. The summed E-state index contributed by atoms with van der Waals surface area (Å²) in [5.74, 6) is 0.809. The standard InChI is InChI=1S/C16H26N4OS.ClH/c17-7-6-15(21)18-9-14-3-1-2-8-20(14)10-13-11-22-16(19-13)12-4-5-12;/h11-12,14H,1-10,17H2,(H,18,21);1H. The van der Waals surface area contributed by atoms with E-state index in [0.717, 1.165) is 32.0 Å². The Hall–Kier alpha value is -0.690. The first-order valence-corrected chi connectivity index (χ1v) is 9.29. The first-order chi connectivity index (χ1) is 10.8. The second-order valence-electron chi connectivity index (χ2n) is 6.41. The number of thiazole rings is 1. The molecule has 1 aromatic rings. The maximum absolute atomic E-state index is 11.6. The fraction of sp³-hybridized carbons (Fsp3) is 0.750. The number of carbonyl (C=O) groups excluding carboxylic acids is 1. The maximum atomic E-state index is 11.6. The molecule has 3 N–H and O–H groups in total.